The normalized spacial score (nSPS) is 16.0. The molecular formula is C19H32N4O2. The maximum absolute atomic E-state index is 5.79. The lowest BCUT2D eigenvalue weighted by Crippen LogP contribution is -2.38. The highest BCUT2D eigenvalue weighted by molar-refractivity contribution is 5.79. The lowest BCUT2D eigenvalue weighted by atomic mass is 10.0. The SMILES string of the molecule is CCNC(=NCc1ncccc1C)NCCCOCC1CCOCC1. The Hall–Kier alpha value is -1.66. The molecule has 2 rings (SSSR count). The molecule has 0 spiro atoms. The number of aryl methyl sites for hydroxylation is 1. The van der Waals surface area contributed by atoms with Crippen molar-refractivity contribution in [3.8, 4) is 0 Å². The topological polar surface area (TPSA) is 67.8 Å². The highest BCUT2D eigenvalue weighted by Crippen LogP contribution is 2.14. The zero-order valence-corrected chi connectivity index (χ0v) is 15.6. The van der Waals surface area contributed by atoms with Gasteiger partial charge in [0.15, 0.2) is 5.96 Å². The van der Waals surface area contributed by atoms with Crippen LogP contribution in [-0.4, -0.2) is 50.5 Å². The number of aliphatic imine (C=N–C) groups is 1. The van der Waals surface area contributed by atoms with Crippen LogP contribution in [0.5, 0.6) is 0 Å². The molecule has 6 heteroatoms. The van der Waals surface area contributed by atoms with Gasteiger partial charge in [-0.1, -0.05) is 6.07 Å². The number of hydrogen-bond acceptors (Lipinski definition) is 4. The molecule has 0 radical (unpaired) electrons. The Morgan fingerprint density at radius 3 is 2.96 bits per heavy atom. The summed E-state index contributed by atoms with van der Waals surface area (Å²) in [6.45, 7) is 9.81. The highest BCUT2D eigenvalue weighted by Gasteiger charge is 2.13. The highest BCUT2D eigenvalue weighted by atomic mass is 16.5. The number of ether oxygens (including phenoxy) is 2. The largest absolute Gasteiger partial charge is 0.381 e. The first-order valence-corrected chi connectivity index (χ1v) is 9.37. The van der Waals surface area contributed by atoms with Crippen molar-refractivity contribution in [2.45, 2.75) is 39.7 Å². The summed E-state index contributed by atoms with van der Waals surface area (Å²) in [6.07, 6.45) is 5.04. The van der Waals surface area contributed by atoms with Crippen molar-refractivity contribution < 1.29 is 9.47 Å². The number of hydrogen-bond donors (Lipinski definition) is 2. The summed E-state index contributed by atoms with van der Waals surface area (Å²) < 4.78 is 11.2. The minimum absolute atomic E-state index is 0.586. The van der Waals surface area contributed by atoms with Gasteiger partial charge in [0.05, 0.1) is 12.2 Å². The zero-order chi connectivity index (χ0) is 17.7. The van der Waals surface area contributed by atoms with E-state index in [4.69, 9.17) is 9.47 Å². The van der Waals surface area contributed by atoms with E-state index >= 15 is 0 Å². The number of nitrogens with one attached hydrogen (secondary N) is 2. The first-order valence-electron chi connectivity index (χ1n) is 9.37. The van der Waals surface area contributed by atoms with Gasteiger partial charge in [0.1, 0.15) is 0 Å². The average molecular weight is 348 g/mol. The minimum Gasteiger partial charge on any atom is -0.381 e. The fourth-order valence-corrected chi connectivity index (χ4v) is 2.72. The second-order valence-corrected chi connectivity index (χ2v) is 6.37. The standard InChI is InChI=1S/C19H32N4O2/c1-3-20-19(23-14-18-16(2)6-4-9-21-18)22-10-5-11-25-15-17-7-12-24-13-8-17/h4,6,9,17H,3,5,7-8,10-15H2,1-2H3,(H2,20,22,23). The summed E-state index contributed by atoms with van der Waals surface area (Å²) in [5, 5.41) is 6.63. The molecule has 1 aliphatic rings. The molecule has 1 aromatic heterocycles. The molecule has 1 aliphatic heterocycles. The predicted molar refractivity (Wildman–Crippen MR) is 101 cm³/mol. The van der Waals surface area contributed by atoms with Crippen LogP contribution in [0.4, 0.5) is 0 Å². The molecule has 0 bridgehead atoms. The van der Waals surface area contributed by atoms with Crippen molar-refractivity contribution in [2.75, 3.05) is 39.5 Å². The first kappa shape index (κ1) is 19.7. The van der Waals surface area contributed by atoms with Gasteiger partial charge >= 0.3 is 0 Å². The third-order valence-electron chi connectivity index (χ3n) is 4.30. The van der Waals surface area contributed by atoms with Gasteiger partial charge in [0, 0.05) is 45.7 Å². The second kappa shape index (κ2) is 11.8. The van der Waals surface area contributed by atoms with Crippen LogP contribution in [0, 0.1) is 12.8 Å². The molecule has 0 saturated carbocycles. The molecule has 1 aromatic rings. The van der Waals surface area contributed by atoms with E-state index < -0.39 is 0 Å². The van der Waals surface area contributed by atoms with Crippen LogP contribution < -0.4 is 10.6 Å². The van der Waals surface area contributed by atoms with E-state index in [-0.39, 0.29) is 0 Å². The Bertz CT molecular complexity index is 516. The van der Waals surface area contributed by atoms with Crippen molar-refractivity contribution in [3.63, 3.8) is 0 Å². The van der Waals surface area contributed by atoms with Crippen LogP contribution in [0.25, 0.3) is 0 Å². The molecule has 0 aromatic carbocycles. The molecular weight excluding hydrogens is 316 g/mol. The molecule has 6 nitrogen and oxygen atoms in total. The second-order valence-electron chi connectivity index (χ2n) is 6.37. The number of aromatic nitrogens is 1. The molecule has 1 fully saturated rings. The Morgan fingerprint density at radius 1 is 1.36 bits per heavy atom. The Morgan fingerprint density at radius 2 is 2.20 bits per heavy atom. The molecule has 1 saturated heterocycles. The van der Waals surface area contributed by atoms with Crippen LogP contribution in [-0.2, 0) is 16.0 Å². The van der Waals surface area contributed by atoms with Crippen molar-refractivity contribution in [1.29, 1.82) is 0 Å². The van der Waals surface area contributed by atoms with E-state index in [9.17, 15) is 0 Å². The maximum Gasteiger partial charge on any atom is 0.191 e. The van der Waals surface area contributed by atoms with Gasteiger partial charge in [0.25, 0.3) is 0 Å². The summed E-state index contributed by atoms with van der Waals surface area (Å²) in [5.74, 6) is 1.50. The molecule has 2 heterocycles. The van der Waals surface area contributed by atoms with Gasteiger partial charge in [-0.2, -0.15) is 0 Å². The van der Waals surface area contributed by atoms with Crippen LogP contribution in [0.3, 0.4) is 0 Å². The lowest BCUT2D eigenvalue weighted by molar-refractivity contribution is 0.0203. The summed E-state index contributed by atoms with van der Waals surface area (Å²) in [5.41, 5.74) is 2.18. The summed E-state index contributed by atoms with van der Waals surface area (Å²) in [6, 6.07) is 4.01. The molecule has 0 atom stereocenters. The van der Waals surface area contributed by atoms with Gasteiger partial charge in [-0.15, -0.1) is 0 Å². The number of rotatable bonds is 9. The molecule has 25 heavy (non-hydrogen) atoms. The van der Waals surface area contributed by atoms with E-state index in [1.807, 2.05) is 12.3 Å². The predicted octanol–water partition coefficient (Wildman–Crippen LogP) is 2.28. The van der Waals surface area contributed by atoms with E-state index in [1.165, 1.54) is 5.56 Å². The van der Waals surface area contributed by atoms with Gasteiger partial charge in [-0.3, -0.25) is 4.98 Å². The smallest absolute Gasteiger partial charge is 0.191 e. The van der Waals surface area contributed by atoms with E-state index in [0.29, 0.717) is 12.5 Å². The van der Waals surface area contributed by atoms with E-state index in [2.05, 4.69) is 40.5 Å². The number of nitrogens with zero attached hydrogens (tertiary/aromatic N) is 2. The van der Waals surface area contributed by atoms with Crippen LogP contribution in [0.15, 0.2) is 23.3 Å². The van der Waals surface area contributed by atoms with Crippen LogP contribution in [0.2, 0.25) is 0 Å². The maximum atomic E-state index is 5.79. The average Bonchev–Trinajstić information content (AvgIpc) is 2.64. The van der Waals surface area contributed by atoms with Crippen LogP contribution >= 0.6 is 0 Å². The number of guanidine groups is 1. The van der Waals surface area contributed by atoms with Gasteiger partial charge < -0.3 is 20.1 Å². The van der Waals surface area contributed by atoms with Gasteiger partial charge in [0.2, 0.25) is 0 Å². The van der Waals surface area contributed by atoms with Gasteiger partial charge in [-0.05, 0) is 50.7 Å². The number of pyridine rings is 1. The van der Waals surface area contributed by atoms with Crippen molar-refractivity contribution in [2.24, 2.45) is 10.9 Å². The van der Waals surface area contributed by atoms with Crippen molar-refractivity contribution in [3.05, 3.63) is 29.6 Å². The van der Waals surface area contributed by atoms with Crippen LogP contribution in [0.1, 0.15) is 37.4 Å². The summed E-state index contributed by atoms with van der Waals surface area (Å²) >= 11 is 0. The fourth-order valence-electron chi connectivity index (χ4n) is 2.72. The van der Waals surface area contributed by atoms with E-state index in [0.717, 1.165) is 70.4 Å². The molecule has 2 N–H and O–H groups in total. The molecule has 0 aliphatic carbocycles. The van der Waals surface area contributed by atoms with E-state index in [1.54, 1.807) is 0 Å². The molecule has 0 amide bonds. The Kier molecular flexibility index (Phi) is 9.29. The third-order valence-corrected chi connectivity index (χ3v) is 4.30. The third kappa shape index (κ3) is 7.84. The zero-order valence-electron chi connectivity index (χ0n) is 15.6. The Balaban J connectivity index is 1.63. The molecule has 140 valence electrons. The summed E-state index contributed by atoms with van der Waals surface area (Å²) in [7, 11) is 0. The van der Waals surface area contributed by atoms with Crippen molar-refractivity contribution >= 4 is 5.96 Å². The first-order chi connectivity index (χ1) is 12.3. The van der Waals surface area contributed by atoms with Gasteiger partial charge in [-0.25, -0.2) is 4.99 Å². The molecule has 0 unspecified atom stereocenters. The van der Waals surface area contributed by atoms with Crippen molar-refractivity contribution in [1.82, 2.24) is 15.6 Å². The Labute approximate surface area is 151 Å². The summed E-state index contributed by atoms with van der Waals surface area (Å²) in [4.78, 5) is 9.00. The lowest BCUT2D eigenvalue weighted by Gasteiger charge is -2.21. The fraction of sp³-hybridized carbons (Fsp3) is 0.684. The monoisotopic (exact) mass is 348 g/mol. The minimum atomic E-state index is 0.586. The quantitative estimate of drug-likeness (QED) is 0.407.